The van der Waals surface area contributed by atoms with E-state index in [1.807, 2.05) is 0 Å². The predicted molar refractivity (Wildman–Crippen MR) is 119 cm³/mol. The Labute approximate surface area is 193 Å². The quantitative estimate of drug-likeness (QED) is 0.358. The number of carbonyl (C=O) groups is 2. The molecule has 6 nitrogen and oxygen atoms in total. The van der Waals surface area contributed by atoms with E-state index in [4.69, 9.17) is 4.42 Å². The number of anilines is 1. The molecule has 1 aliphatic rings. The van der Waals surface area contributed by atoms with E-state index in [0.717, 1.165) is 27.6 Å². The van der Waals surface area contributed by atoms with Crippen LogP contribution in [0.5, 0.6) is 0 Å². The van der Waals surface area contributed by atoms with Gasteiger partial charge in [-0.1, -0.05) is 22.0 Å². The number of carbonyl (C=O) groups excluding carboxylic acids is 2. The molecule has 1 N–H and O–H groups in total. The Morgan fingerprint density at radius 1 is 1.09 bits per heavy atom. The highest BCUT2D eigenvalue weighted by Crippen LogP contribution is 2.42. The summed E-state index contributed by atoms with van der Waals surface area (Å²) in [6.07, 6.45) is 1.43. The number of aliphatic hydroxyl groups excluding tert-OH is 1. The van der Waals surface area contributed by atoms with Crippen molar-refractivity contribution in [2.24, 2.45) is 0 Å². The first-order chi connectivity index (χ1) is 15.8. The number of amides is 1. The highest BCUT2D eigenvalue weighted by molar-refractivity contribution is 9.10. The fourth-order valence-corrected chi connectivity index (χ4v) is 4.21. The van der Waals surface area contributed by atoms with Gasteiger partial charge in [-0.05, 0) is 48.5 Å². The summed E-state index contributed by atoms with van der Waals surface area (Å²) < 4.78 is 35.0. The van der Waals surface area contributed by atoms with Crippen molar-refractivity contribution >= 4 is 44.3 Å². The summed E-state index contributed by atoms with van der Waals surface area (Å²) >= 11 is 3.35. The Morgan fingerprint density at radius 2 is 1.91 bits per heavy atom. The number of furan rings is 1. The minimum Gasteiger partial charge on any atom is -0.503 e. The van der Waals surface area contributed by atoms with E-state index in [0.29, 0.717) is 11.0 Å². The predicted octanol–water partition coefficient (Wildman–Crippen LogP) is 5.65. The maximum Gasteiger partial charge on any atom is 0.294 e. The molecule has 0 saturated carbocycles. The number of aliphatic hydroxyl groups is 1. The molecule has 0 spiro atoms. The number of aromatic nitrogens is 1. The van der Waals surface area contributed by atoms with Crippen molar-refractivity contribution in [2.75, 3.05) is 4.90 Å². The molecule has 0 fully saturated rings. The standard InChI is InChI=1S/C24H13BrF2N2O4/c25-13-4-7-18-12(9-13)10-19(33-18)22(30)20-21(16-3-1-2-8-28-16)29(24(32)23(20)31)17-11-14(26)5-6-15(17)27/h1-11,21,31H. The molecule has 4 aromatic rings. The fraction of sp³-hybridized carbons (Fsp3) is 0.0417. The lowest BCUT2D eigenvalue weighted by molar-refractivity contribution is -0.117. The molecule has 0 bridgehead atoms. The topological polar surface area (TPSA) is 83.6 Å². The van der Waals surface area contributed by atoms with Gasteiger partial charge in [0.05, 0.1) is 17.0 Å². The molecule has 33 heavy (non-hydrogen) atoms. The number of benzene rings is 2. The van der Waals surface area contributed by atoms with Crippen molar-refractivity contribution in [1.29, 1.82) is 0 Å². The second kappa shape index (κ2) is 7.93. The molecule has 0 radical (unpaired) electrons. The van der Waals surface area contributed by atoms with E-state index in [9.17, 15) is 23.5 Å². The van der Waals surface area contributed by atoms with Gasteiger partial charge in [0.15, 0.2) is 11.5 Å². The molecule has 1 aliphatic heterocycles. The van der Waals surface area contributed by atoms with Crippen LogP contribution in [0, 0.1) is 11.6 Å². The zero-order valence-electron chi connectivity index (χ0n) is 16.6. The van der Waals surface area contributed by atoms with Gasteiger partial charge < -0.3 is 9.52 Å². The number of halogens is 3. The van der Waals surface area contributed by atoms with Crippen LogP contribution in [-0.4, -0.2) is 21.8 Å². The van der Waals surface area contributed by atoms with Crippen LogP contribution in [0.2, 0.25) is 0 Å². The smallest absolute Gasteiger partial charge is 0.294 e. The average molecular weight is 511 g/mol. The van der Waals surface area contributed by atoms with Crippen molar-refractivity contribution in [3.8, 4) is 0 Å². The maximum atomic E-state index is 14.7. The van der Waals surface area contributed by atoms with Crippen LogP contribution in [0.3, 0.4) is 0 Å². The second-order valence-electron chi connectivity index (χ2n) is 7.31. The van der Waals surface area contributed by atoms with Gasteiger partial charge in [-0.15, -0.1) is 0 Å². The van der Waals surface area contributed by atoms with Gasteiger partial charge in [-0.2, -0.15) is 0 Å². The van der Waals surface area contributed by atoms with Crippen molar-refractivity contribution in [2.45, 2.75) is 6.04 Å². The molecule has 2 aromatic carbocycles. The Hall–Kier alpha value is -3.85. The zero-order chi connectivity index (χ0) is 23.3. The second-order valence-corrected chi connectivity index (χ2v) is 8.23. The first-order valence-corrected chi connectivity index (χ1v) is 10.5. The number of hydrogen-bond acceptors (Lipinski definition) is 5. The largest absolute Gasteiger partial charge is 0.503 e. The van der Waals surface area contributed by atoms with E-state index in [-0.39, 0.29) is 17.0 Å². The molecule has 0 aliphatic carbocycles. The molecule has 1 atom stereocenters. The number of ketones is 1. The minimum atomic E-state index is -1.30. The number of rotatable bonds is 4. The van der Waals surface area contributed by atoms with E-state index < -0.39 is 40.8 Å². The molecule has 0 saturated heterocycles. The van der Waals surface area contributed by atoms with Crippen LogP contribution >= 0.6 is 15.9 Å². The molecular weight excluding hydrogens is 498 g/mol. The number of pyridine rings is 1. The van der Waals surface area contributed by atoms with Crippen molar-refractivity contribution in [1.82, 2.24) is 4.98 Å². The Morgan fingerprint density at radius 3 is 2.67 bits per heavy atom. The van der Waals surface area contributed by atoms with E-state index in [1.54, 1.807) is 30.3 Å². The zero-order valence-corrected chi connectivity index (χ0v) is 18.2. The lowest BCUT2D eigenvalue weighted by Crippen LogP contribution is -2.32. The van der Waals surface area contributed by atoms with Crippen LogP contribution in [-0.2, 0) is 4.79 Å². The molecule has 1 unspecified atom stereocenters. The van der Waals surface area contributed by atoms with Crippen molar-refractivity contribution in [3.63, 3.8) is 0 Å². The number of Topliss-reactive ketones (excluding diaryl/α,β-unsaturated/α-hetero) is 1. The van der Waals surface area contributed by atoms with Gasteiger partial charge in [-0.25, -0.2) is 8.78 Å². The first-order valence-electron chi connectivity index (χ1n) is 9.71. The molecule has 164 valence electrons. The van der Waals surface area contributed by atoms with E-state index in [1.165, 1.54) is 18.3 Å². The van der Waals surface area contributed by atoms with Crippen molar-refractivity contribution < 1.29 is 27.9 Å². The number of hydrogen-bond donors (Lipinski definition) is 1. The summed E-state index contributed by atoms with van der Waals surface area (Å²) in [7, 11) is 0. The summed E-state index contributed by atoms with van der Waals surface area (Å²) in [4.78, 5) is 31.5. The van der Waals surface area contributed by atoms with Crippen LogP contribution in [0.4, 0.5) is 14.5 Å². The third kappa shape index (κ3) is 3.50. The highest BCUT2D eigenvalue weighted by atomic mass is 79.9. The molecular formula is C24H13BrF2N2O4. The fourth-order valence-electron chi connectivity index (χ4n) is 3.83. The van der Waals surface area contributed by atoms with Gasteiger partial charge in [0.2, 0.25) is 5.78 Å². The van der Waals surface area contributed by atoms with Gasteiger partial charge in [0.25, 0.3) is 5.91 Å². The van der Waals surface area contributed by atoms with Crippen LogP contribution in [0.25, 0.3) is 11.0 Å². The summed E-state index contributed by atoms with van der Waals surface area (Å²) in [5.74, 6) is -4.54. The third-order valence-electron chi connectivity index (χ3n) is 5.29. The van der Waals surface area contributed by atoms with Gasteiger partial charge in [0, 0.05) is 22.1 Å². The lowest BCUT2D eigenvalue weighted by Gasteiger charge is -2.26. The van der Waals surface area contributed by atoms with Gasteiger partial charge >= 0.3 is 0 Å². The first kappa shape index (κ1) is 21.0. The molecule has 2 aromatic heterocycles. The van der Waals surface area contributed by atoms with Gasteiger partial charge in [0.1, 0.15) is 23.3 Å². The van der Waals surface area contributed by atoms with Crippen LogP contribution < -0.4 is 4.90 Å². The number of fused-ring (bicyclic) bond motifs is 1. The van der Waals surface area contributed by atoms with E-state index in [2.05, 4.69) is 20.9 Å². The van der Waals surface area contributed by atoms with Gasteiger partial charge in [-0.3, -0.25) is 19.5 Å². The summed E-state index contributed by atoms with van der Waals surface area (Å²) in [5, 5.41) is 11.3. The summed E-state index contributed by atoms with van der Waals surface area (Å²) in [5.41, 5.74) is -0.173. The Bertz CT molecular complexity index is 1470. The SMILES string of the molecule is O=C(C1=C(O)C(=O)N(c2cc(F)ccc2F)C1c1ccccn1)c1cc2cc(Br)ccc2o1. The Balaban J connectivity index is 1.68. The molecule has 3 heterocycles. The lowest BCUT2D eigenvalue weighted by atomic mass is 9.98. The highest BCUT2D eigenvalue weighted by Gasteiger charge is 2.47. The van der Waals surface area contributed by atoms with Crippen LogP contribution in [0.1, 0.15) is 22.3 Å². The normalized spacial score (nSPS) is 16.2. The maximum absolute atomic E-state index is 14.7. The average Bonchev–Trinajstić information content (AvgIpc) is 3.34. The summed E-state index contributed by atoms with van der Waals surface area (Å²) in [6.45, 7) is 0. The molecule has 5 rings (SSSR count). The summed E-state index contributed by atoms with van der Waals surface area (Å²) in [6, 6.07) is 12.7. The molecule has 9 heteroatoms. The molecule has 1 amide bonds. The monoisotopic (exact) mass is 510 g/mol. The van der Waals surface area contributed by atoms with Crippen LogP contribution in [0.15, 0.2) is 87.1 Å². The Kier molecular flexibility index (Phi) is 5.05. The van der Waals surface area contributed by atoms with Crippen molar-refractivity contribution in [3.05, 3.63) is 106 Å². The third-order valence-corrected chi connectivity index (χ3v) is 5.78. The minimum absolute atomic E-state index is 0.125. The van der Waals surface area contributed by atoms with E-state index >= 15 is 0 Å². The number of nitrogens with zero attached hydrogens (tertiary/aromatic N) is 2.